The van der Waals surface area contributed by atoms with Gasteiger partial charge in [0.2, 0.25) is 0 Å². The summed E-state index contributed by atoms with van der Waals surface area (Å²) in [4.78, 5) is 24.4. The van der Waals surface area contributed by atoms with Crippen molar-refractivity contribution in [2.45, 2.75) is 13.3 Å². The predicted molar refractivity (Wildman–Crippen MR) is 66.7 cm³/mol. The fraction of sp³-hybridized carbons (Fsp3) is 0.333. The number of carboxylic acid groups (broad SMARTS) is 1. The zero-order chi connectivity index (χ0) is 13.1. The van der Waals surface area contributed by atoms with Crippen molar-refractivity contribution >= 4 is 22.8 Å². The van der Waals surface area contributed by atoms with E-state index in [2.05, 4.69) is 10.3 Å². The molecule has 0 bridgehead atoms. The Hall–Kier alpha value is -2.24. The van der Waals surface area contributed by atoms with E-state index in [0.717, 1.165) is 5.69 Å². The normalized spacial score (nSPS) is 12.5. The molecule has 6 nitrogen and oxygen atoms in total. The molecule has 0 saturated carbocycles. The van der Waals surface area contributed by atoms with Crippen LogP contribution in [0, 0.1) is 5.92 Å². The minimum absolute atomic E-state index is 0.347. The first-order valence-electron chi connectivity index (χ1n) is 5.69. The van der Waals surface area contributed by atoms with E-state index in [-0.39, 0.29) is 0 Å². The number of fused-ring (bicyclic) bond motifs is 1. The highest BCUT2D eigenvalue weighted by molar-refractivity contribution is 5.77. The van der Waals surface area contributed by atoms with Crippen LogP contribution in [0.1, 0.15) is 13.3 Å². The van der Waals surface area contributed by atoms with Gasteiger partial charge in [-0.3, -0.25) is 9.78 Å². The molecule has 1 unspecified atom stereocenters. The average Bonchev–Trinajstić information content (AvgIpc) is 2.68. The number of anilines is 1. The van der Waals surface area contributed by atoms with Crippen molar-refractivity contribution in [3.8, 4) is 0 Å². The Balaban J connectivity index is 2.12. The largest absolute Gasteiger partial charge is 0.481 e. The summed E-state index contributed by atoms with van der Waals surface area (Å²) in [6.07, 6.45) is 0.563. The van der Waals surface area contributed by atoms with Crippen molar-refractivity contribution < 1.29 is 14.3 Å². The van der Waals surface area contributed by atoms with Gasteiger partial charge < -0.3 is 14.8 Å². The molecule has 18 heavy (non-hydrogen) atoms. The summed E-state index contributed by atoms with van der Waals surface area (Å²) in [5.74, 6) is -1.74. The molecule has 0 fully saturated rings. The fourth-order valence-corrected chi connectivity index (χ4v) is 1.71. The number of aliphatic carboxylic acids is 1. The monoisotopic (exact) mass is 250 g/mol. The molecule has 0 aliphatic rings. The van der Waals surface area contributed by atoms with Crippen LogP contribution in [0.15, 0.2) is 27.4 Å². The number of carbonyl (C=O) groups is 1. The number of hydrogen-bond acceptors (Lipinski definition) is 4. The topological polar surface area (TPSA) is 95.3 Å². The summed E-state index contributed by atoms with van der Waals surface area (Å²) in [5, 5.41) is 12.0. The Bertz CT molecular complexity index is 614. The van der Waals surface area contributed by atoms with Gasteiger partial charge in [-0.2, -0.15) is 0 Å². The standard InChI is InChI=1S/C12H14N2O4/c1-2-7(11(15)16)6-13-8-3-4-10-9(5-8)14-12(17)18-10/h3-5,7,13H,2,6H2,1H3,(H,14,17)(H,15,16). The lowest BCUT2D eigenvalue weighted by molar-refractivity contribution is -0.141. The maximum absolute atomic E-state index is 11.0. The molecule has 0 spiro atoms. The van der Waals surface area contributed by atoms with Gasteiger partial charge in [0.25, 0.3) is 0 Å². The summed E-state index contributed by atoms with van der Waals surface area (Å²) < 4.78 is 4.87. The molecular formula is C12H14N2O4. The fourth-order valence-electron chi connectivity index (χ4n) is 1.71. The lowest BCUT2D eigenvalue weighted by Crippen LogP contribution is -2.21. The van der Waals surface area contributed by atoms with Crippen LogP contribution in [-0.2, 0) is 4.79 Å². The van der Waals surface area contributed by atoms with Crippen LogP contribution in [0.3, 0.4) is 0 Å². The number of aromatic nitrogens is 1. The Morgan fingerprint density at radius 1 is 1.56 bits per heavy atom. The molecule has 0 aliphatic heterocycles. The zero-order valence-corrected chi connectivity index (χ0v) is 9.90. The maximum atomic E-state index is 11.0. The first-order valence-corrected chi connectivity index (χ1v) is 5.69. The van der Waals surface area contributed by atoms with Crippen LogP contribution in [0.25, 0.3) is 11.1 Å². The summed E-state index contributed by atoms with van der Waals surface area (Å²) in [6, 6.07) is 5.12. The van der Waals surface area contributed by atoms with Crippen molar-refractivity contribution in [3.63, 3.8) is 0 Å². The van der Waals surface area contributed by atoms with Gasteiger partial charge in [-0.15, -0.1) is 0 Å². The third-order valence-electron chi connectivity index (χ3n) is 2.81. The highest BCUT2D eigenvalue weighted by Gasteiger charge is 2.14. The first kappa shape index (κ1) is 12.2. The van der Waals surface area contributed by atoms with Crippen molar-refractivity contribution in [2.24, 2.45) is 5.92 Å². The third kappa shape index (κ3) is 2.53. The smallest absolute Gasteiger partial charge is 0.417 e. The van der Waals surface area contributed by atoms with E-state index in [4.69, 9.17) is 9.52 Å². The maximum Gasteiger partial charge on any atom is 0.417 e. The van der Waals surface area contributed by atoms with Gasteiger partial charge in [-0.25, -0.2) is 4.79 Å². The van der Waals surface area contributed by atoms with Gasteiger partial charge >= 0.3 is 11.7 Å². The molecule has 2 rings (SSSR count). The van der Waals surface area contributed by atoms with Gasteiger partial charge in [-0.05, 0) is 24.6 Å². The Labute approximate surface area is 103 Å². The molecule has 1 heterocycles. The SMILES string of the molecule is CCC(CNc1ccc2oc(=O)[nH]c2c1)C(=O)O. The third-order valence-corrected chi connectivity index (χ3v) is 2.81. The second-order valence-electron chi connectivity index (χ2n) is 4.05. The van der Waals surface area contributed by atoms with Crippen LogP contribution in [0.4, 0.5) is 5.69 Å². The van der Waals surface area contributed by atoms with Gasteiger partial charge in [0, 0.05) is 12.2 Å². The van der Waals surface area contributed by atoms with Crippen LogP contribution in [0.2, 0.25) is 0 Å². The van der Waals surface area contributed by atoms with Crippen LogP contribution in [-0.4, -0.2) is 22.6 Å². The number of carboxylic acids is 1. The molecule has 96 valence electrons. The highest BCUT2D eigenvalue weighted by atomic mass is 16.4. The van der Waals surface area contributed by atoms with Gasteiger partial charge in [0.1, 0.15) is 0 Å². The number of aromatic amines is 1. The number of H-pyrrole nitrogens is 1. The van der Waals surface area contributed by atoms with Crippen molar-refractivity contribution in [1.29, 1.82) is 0 Å². The van der Waals surface area contributed by atoms with Gasteiger partial charge in [0.05, 0.1) is 11.4 Å². The van der Waals surface area contributed by atoms with Gasteiger partial charge in [0.15, 0.2) is 5.58 Å². The minimum Gasteiger partial charge on any atom is -0.481 e. The number of nitrogens with one attached hydrogen (secondary N) is 2. The van der Waals surface area contributed by atoms with E-state index in [1.165, 1.54) is 0 Å². The second kappa shape index (κ2) is 4.95. The van der Waals surface area contributed by atoms with Crippen LogP contribution in [0.5, 0.6) is 0 Å². The van der Waals surface area contributed by atoms with E-state index in [0.29, 0.717) is 24.1 Å². The lowest BCUT2D eigenvalue weighted by Gasteiger charge is -2.11. The van der Waals surface area contributed by atoms with E-state index in [9.17, 15) is 9.59 Å². The number of oxazole rings is 1. The molecule has 0 aliphatic carbocycles. The van der Waals surface area contributed by atoms with E-state index >= 15 is 0 Å². The van der Waals surface area contributed by atoms with Crippen molar-refractivity contribution in [3.05, 3.63) is 28.7 Å². The summed E-state index contributed by atoms with van der Waals surface area (Å²) in [7, 11) is 0. The predicted octanol–water partition coefficient (Wildman–Crippen LogP) is 1.64. The van der Waals surface area contributed by atoms with Crippen LogP contribution >= 0.6 is 0 Å². The molecule has 1 aromatic heterocycles. The van der Waals surface area contributed by atoms with Crippen molar-refractivity contribution in [2.75, 3.05) is 11.9 Å². The lowest BCUT2D eigenvalue weighted by atomic mass is 10.1. The molecule has 1 aromatic carbocycles. The molecule has 2 aromatic rings. The second-order valence-corrected chi connectivity index (χ2v) is 4.05. The summed E-state index contributed by atoms with van der Waals surface area (Å²) in [6.45, 7) is 2.18. The highest BCUT2D eigenvalue weighted by Crippen LogP contribution is 2.16. The minimum atomic E-state index is -0.817. The van der Waals surface area contributed by atoms with E-state index in [1.54, 1.807) is 18.2 Å². The number of benzene rings is 1. The van der Waals surface area contributed by atoms with Crippen molar-refractivity contribution in [1.82, 2.24) is 4.98 Å². The Morgan fingerprint density at radius 3 is 3.00 bits per heavy atom. The molecule has 1 atom stereocenters. The molecule has 3 N–H and O–H groups in total. The van der Waals surface area contributed by atoms with E-state index in [1.807, 2.05) is 6.92 Å². The first-order chi connectivity index (χ1) is 8.60. The number of hydrogen-bond donors (Lipinski definition) is 3. The molecular weight excluding hydrogens is 236 g/mol. The van der Waals surface area contributed by atoms with E-state index < -0.39 is 17.6 Å². The Morgan fingerprint density at radius 2 is 2.33 bits per heavy atom. The zero-order valence-electron chi connectivity index (χ0n) is 9.90. The molecule has 6 heteroatoms. The molecule has 0 saturated heterocycles. The quantitative estimate of drug-likeness (QED) is 0.749. The molecule has 0 amide bonds. The Kier molecular flexibility index (Phi) is 3.36. The van der Waals surface area contributed by atoms with Crippen LogP contribution < -0.4 is 11.1 Å². The molecule has 0 radical (unpaired) electrons. The summed E-state index contributed by atoms with van der Waals surface area (Å²) >= 11 is 0. The summed E-state index contributed by atoms with van der Waals surface area (Å²) in [5.41, 5.74) is 1.82. The average molecular weight is 250 g/mol. The van der Waals surface area contributed by atoms with Gasteiger partial charge in [-0.1, -0.05) is 6.92 Å². The number of rotatable bonds is 5.